The summed E-state index contributed by atoms with van der Waals surface area (Å²) >= 11 is 0. The van der Waals surface area contributed by atoms with Gasteiger partial charge in [-0.1, -0.05) is 38.1 Å². The Morgan fingerprint density at radius 3 is 2.33 bits per heavy atom. The largest absolute Gasteiger partial charge is 0.250 e. The first-order chi connectivity index (χ1) is 6.86. The van der Waals surface area contributed by atoms with Crippen molar-refractivity contribution in [3.63, 3.8) is 0 Å². The predicted molar refractivity (Wildman–Crippen MR) is 61.2 cm³/mol. The fourth-order valence-corrected chi connectivity index (χ4v) is 1.98. The summed E-state index contributed by atoms with van der Waals surface area (Å²) in [6.45, 7) is 8.18. The number of benzene rings is 1. The van der Waals surface area contributed by atoms with Gasteiger partial charge in [0.1, 0.15) is 0 Å². The summed E-state index contributed by atoms with van der Waals surface area (Å²) in [4.78, 5) is 4.16. The SMILES string of the molecule is CC1(C)N=C(F)c2ccccc2C1(C)C. The molecule has 1 heterocycles. The molecule has 0 aliphatic carbocycles. The van der Waals surface area contributed by atoms with Gasteiger partial charge >= 0.3 is 0 Å². The van der Waals surface area contributed by atoms with Crippen LogP contribution in [-0.4, -0.2) is 11.5 Å². The maximum Gasteiger partial charge on any atom is 0.216 e. The summed E-state index contributed by atoms with van der Waals surface area (Å²) in [5.41, 5.74) is 1.15. The van der Waals surface area contributed by atoms with Gasteiger partial charge in [-0.15, -0.1) is 0 Å². The molecule has 15 heavy (non-hydrogen) atoms. The molecule has 0 N–H and O–H groups in total. The maximum atomic E-state index is 13.8. The van der Waals surface area contributed by atoms with Crippen molar-refractivity contribution >= 4 is 5.97 Å². The maximum absolute atomic E-state index is 13.8. The predicted octanol–water partition coefficient (Wildman–Crippen LogP) is 3.47. The Balaban J connectivity index is 2.73. The van der Waals surface area contributed by atoms with Crippen molar-refractivity contribution in [1.29, 1.82) is 0 Å². The topological polar surface area (TPSA) is 12.4 Å². The highest BCUT2D eigenvalue weighted by Gasteiger charge is 2.43. The Bertz CT molecular complexity index is 430. The molecule has 0 bridgehead atoms. The van der Waals surface area contributed by atoms with E-state index in [0.717, 1.165) is 5.56 Å². The highest BCUT2D eigenvalue weighted by molar-refractivity contribution is 5.96. The first-order valence-corrected chi connectivity index (χ1v) is 5.21. The zero-order chi connectivity index (χ0) is 11.3. The van der Waals surface area contributed by atoms with E-state index in [0.29, 0.717) is 5.56 Å². The highest BCUT2D eigenvalue weighted by atomic mass is 19.1. The lowest BCUT2D eigenvalue weighted by atomic mass is 9.67. The van der Waals surface area contributed by atoms with Crippen LogP contribution in [0.1, 0.15) is 38.8 Å². The molecule has 0 saturated carbocycles. The summed E-state index contributed by atoms with van der Waals surface area (Å²) in [6, 6.07) is 7.59. The summed E-state index contributed by atoms with van der Waals surface area (Å²) in [6.07, 6.45) is 0. The zero-order valence-corrected chi connectivity index (χ0v) is 9.63. The Morgan fingerprint density at radius 2 is 1.67 bits per heavy atom. The van der Waals surface area contributed by atoms with E-state index in [2.05, 4.69) is 18.8 Å². The Hall–Kier alpha value is -1.18. The number of aliphatic imine (C=N–C) groups is 1. The third-order valence-electron chi connectivity index (χ3n) is 3.73. The Morgan fingerprint density at radius 1 is 1.07 bits per heavy atom. The molecule has 1 aliphatic rings. The van der Waals surface area contributed by atoms with E-state index in [1.807, 2.05) is 32.0 Å². The van der Waals surface area contributed by atoms with Gasteiger partial charge < -0.3 is 0 Å². The van der Waals surface area contributed by atoms with Gasteiger partial charge in [0, 0.05) is 11.0 Å². The fourth-order valence-electron chi connectivity index (χ4n) is 1.98. The number of halogens is 1. The third kappa shape index (κ3) is 1.31. The molecule has 0 atom stereocenters. The first-order valence-electron chi connectivity index (χ1n) is 5.21. The Kier molecular flexibility index (Phi) is 2.00. The normalized spacial score (nSPS) is 21.8. The molecule has 1 aromatic rings. The smallest absolute Gasteiger partial charge is 0.216 e. The van der Waals surface area contributed by atoms with Gasteiger partial charge in [0.05, 0.1) is 5.54 Å². The number of hydrogen-bond donors (Lipinski definition) is 0. The summed E-state index contributed by atoms with van der Waals surface area (Å²) in [5.74, 6) is -0.338. The molecular weight excluding hydrogens is 189 g/mol. The molecule has 0 spiro atoms. The van der Waals surface area contributed by atoms with Crippen LogP contribution in [-0.2, 0) is 5.41 Å². The molecule has 1 aliphatic heterocycles. The van der Waals surface area contributed by atoms with Crippen LogP contribution in [0.5, 0.6) is 0 Å². The molecule has 0 unspecified atom stereocenters. The summed E-state index contributed by atoms with van der Waals surface area (Å²) in [7, 11) is 0. The minimum absolute atomic E-state index is 0.140. The quantitative estimate of drug-likeness (QED) is 0.615. The van der Waals surface area contributed by atoms with E-state index in [1.165, 1.54) is 0 Å². The van der Waals surface area contributed by atoms with Crippen LogP contribution in [0.15, 0.2) is 29.3 Å². The van der Waals surface area contributed by atoms with Crippen LogP contribution in [0.3, 0.4) is 0 Å². The van der Waals surface area contributed by atoms with E-state index in [-0.39, 0.29) is 11.4 Å². The second-order valence-corrected chi connectivity index (χ2v) is 5.13. The third-order valence-corrected chi connectivity index (χ3v) is 3.73. The van der Waals surface area contributed by atoms with Crippen LogP contribution in [0.2, 0.25) is 0 Å². The molecule has 2 heteroatoms. The van der Waals surface area contributed by atoms with Gasteiger partial charge in [0.25, 0.3) is 0 Å². The molecule has 1 aromatic carbocycles. The molecule has 80 valence electrons. The van der Waals surface area contributed by atoms with Crippen molar-refractivity contribution in [3.05, 3.63) is 35.4 Å². The van der Waals surface area contributed by atoms with Gasteiger partial charge in [-0.25, -0.2) is 0 Å². The van der Waals surface area contributed by atoms with E-state index >= 15 is 0 Å². The molecule has 1 nitrogen and oxygen atoms in total. The van der Waals surface area contributed by atoms with Gasteiger partial charge in [0.15, 0.2) is 0 Å². The first kappa shape index (κ1) is 10.3. The van der Waals surface area contributed by atoms with Crippen LogP contribution < -0.4 is 0 Å². The number of hydrogen-bond acceptors (Lipinski definition) is 1. The standard InChI is InChI=1S/C13H16FN/c1-12(2)10-8-6-5-7-9(10)11(14)15-13(12,3)4/h5-8H,1-4H3. The second-order valence-electron chi connectivity index (χ2n) is 5.13. The van der Waals surface area contributed by atoms with Crippen LogP contribution >= 0.6 is 0 Å². The molecular formula is C13H16FN. The van der Waals surface area contributed by atoms with Crippen LogP contribution in [0.4, 0.5) is 4.39 Å². The van der Waals surface area contributed by atoms with Crippen molar-refractivity contribution in [3.8, 4) is 0 Å². The van der Waals surface area contributed by atoms with Crippen molar-refractivity contribution < 1.29 is 4.39 Å². The average molecular weight is 205 g/mol. The van der Waals surface area contributed by atoms with E-state index in [9.17, 15) is 4.39 Å². The molecule has 2 rings (SSSR count). The molecule has 0 radical (unpaired) electrons. The minimum Gasteiger partial charge on any atom is -0.250 e. The van der Waals surface area contributed by atoms with Crippen LogP contribution in [0.25, 0.3) is 0 Å². The van der Waals surface area contributed by atoms with Gasteiger partial charge in [0.2, 0.25) is 5.97 Å². The van der Waals surface area contributed by atoms with Gasteiger partial charge in [-0.05, 0) is 19.4 Å². The number of nitrogens with zero attached hydrogens (tertiary/aromatic N) is 1. The second kappa shape index (κ2) is 2.91. The monoisotopic (exact) mass is 205 g/mol. The lowest BCUT2D eigenvalue weighted by Crippen LogP contribution is -2.45. The summed E-state index contributed by atoms with van der Waals surface area (Å²) < 4.78 is 13.8. The zero-order valence-electron chi connectivity index (χ0n) is 9.63. The van der Waals surface area contributed by atoms with Crippen molar-refractivity contribution in [2.75, 3.05) is 0 Å². The van der Waals surface area contributed by atoms with Crippen LogP contribution in [0, 0.1) is 0 Å². The lowest BCUT2D eigenvalue weighted by Gasteiger charge is -2.42. The minimum atomic E-state index is -0.397. The highest BCUT2D eigenvalue weighted by Crippen LogP contribution is 2.42. The van der Waals surface area contributed by atoms with E-state index < -0.39 is 5.54 Å². The van der Waals surface area contributed by atoms with E-state index in [4.69, 9.17) is 0 Å². The summed E-state index contributed by atoms with van der Waals surface area (Å²) in [5, 5.41) is 0. The molecule has 0 saturated heterocycles. The number of fused-ring (bicyclic) bond motifs is 1. The lowest BCUT2D eigenvalue weighted by molar-refractivity contribution is 0.299. The van der Waals surface area contributed by atoms with Crippen molar-refractivity contribution in [2.45, 2.75) is 38.6 Å². The van der Waals surface area contributed by atoms with Gasteiger partial charge in [-0.3, -0.25) is 4.99 Å². The Labute approximate surface area is 90.0 Å². The van der Waals surface area contributed by atoms with Crippen molar-refractivity contribution in [1.82, 2.24) is 0 Å². The van der Waals surface area contributed by atoms with E-state index in [1.54, 1.807) is 6.07 Å². The molecule has 0 amide bonds. The average Bonchev–Trinajstić information content (AvgIpc) is 2.15. The van der Waals surface area contributed by atoms with Crippen molar-refractivity contribution in [2.24, 2.45) is 4.99 Å². The van der Waals surface area contributed by atoms with Gasteiger partial charge in [-0.2, -0.15) is 4.39 Å². The fraction of sp³-hybridized carbons (Fsp3) is 0.462. The molecule has 0 fully saturated rings. The number of rotatable bonds is 0. The molecule has 0 aromatic heterocycles.